The van der Waals surface area contributed by atoms with Crippen LogP contribution in [0.2, 0.25) is 0 Å². The molecule has 1 aliphatic heterocycles. The number of nitrogens with zero attached hydrogens (tertiary/aromatic N) is 3. The zero-order valence-corrected chi connectivity index (χ0v) is 14.5. The summed E-state index contributed by atoms with van der Waals surface area (Å²) >= 11 is 0. The van der Waals surface area contributed by atoms with Crippen LogP contribution in [0.15, 0.2) is 42.7 Å². The normalized spacial score (nSPS) is 15.0. The summed E-state index contributed by atoms with van der Waals surface area (Å²) in [6.45, 7) is 1.54. The van der Waals surface area contributed by atoms with Gasteiger partial charge in [-0.3, -0.25) is 4.79 Å². The van der Waals surface area contributed by atoms with Gasteiger partial charge in [0.2, 0.25) is 5.91 Å². The molecule has 0 atom stereocenters. The van der Waals surface area contributed by atoms with Crippen molar-refractivity contribution in [2.45, 2.75) is 31.7 Å². The topological polar surface area (TPSA) is 67.4 Å². The average molecular weight is 340 g/mol. The number of piperidine rings is 1. The molecule has 1 fully saturated rings. The molecule has 1 aromatic carbocycles. The predicted octanol–water partition coefficient (Wildman–Crippen LogP) is 2.52. The number of amides is 1. The van der Waals surface area contributed by atoms with E-state index in [9.17, 15) is 4.79 Å². The van der Waals surface area contributed by atoms with Crippen molar-refractivity contribution in [1.29, 1.82) is 0 Å². The van der Waals surface area contributed by atoms with E-state index in [-0.39, 0.29) is 11.9 Å². The number of ether oxygens (including phenoxy) is 1. The number of carbonyl (C=O) groups is 1. The number of aromatic nitrogens is 2. The van der Waals surface area contributed by atoms with Crippen LogP contribution in [0.1, 0.15) is 24.8 Å². The van der Waals surface area contributed by atoms with Crippen LogP contribution in [0.25, 0.3) is 0 Å². The minimum absolute atomic E-state index is 0.236. The summed E-state index contributed by atoms with van der Waals surface area (Å²) in [6, 6.07) is 10.4. The molecule has 2 aromatic rings. The number of hydrogen-bond donors (Lipinski definition) is 1. The maximum absolute atomic E-state index is 12.4. The molecule has 132 valence electrons. The highest BCUT2D eigenvalue weighted by Crippen LogP contribution is 2.21. The van der Waals surface area contributed by atoms with E-state index < -0.39 is 0 Å². The van der Waals surface area contributed by atoms with Crippen molar-refractivity contribution in [2.75, 3.05) is 25.5 Å². The van der Waals surface area contributed by atoms with E-state index in [1.54, 1.807) is 19.5 Å². The fraction of sp³-hybridized carbons (Fsp3) is 0.421. The maximum Gasteiger partial charge on any atom is 0.257 e. The molecule has 0 bridgehead atoms. The van der Waals surface area contributed by atoms with Crippen LogP contribution < -0.4 is 10.1 Å². The Bertz CT molecular complexity index is 685. The Morgan fingerprint density at radius 3 is 2.64 bits per heavy atom. The van der Waals surface area contributed by atoms with E-state index in [0.29, 0.717) is 18.1 Å². The van der Waals surface area contributed by atoms with Crippen LogP contribution >= 0.6 is 0 Å². The highest BCUT2D eigenvalue weighted by Gasteiger charge is 2.23. The number of rotatable bonds is 6. The summed E-state index contributed by atoms with van der Waals surface area (Å²) in [6.07, 6.45) is 6.42. The number of hydrogen-bond acceptors (Lipinski definition) is 5. The van der Waals surface area contributed by atoms with Crippen LogP contribution in [0, 0.1) is 0 Å². The Morgan fingerprint density at radius 2 is 1.92 bits per heavy atom. The second kappa shape index (κ2) is 8.46. The molecule has 1 amide bonds. The fourth-order valence-electron chi connectivity index (χ4n) is 3.09. The van der Waals surface area contributed by atoms with Crippen LogP contribution in [-0.4, -0.2) is 47.0 Å². The smallest absolute Gasteiger partial charge is 0.257 e. The monoisotopic (exact) mass is 340 g/mol. The Kier molecular flexibility index (Phi) is 5.82. The minimum Gasteiger partial charge on any atom is -0.478 e. The molecular weight excluding hydrogens is 316 g/mol. The van der Waals surface area contributed by atoms with Crippen LogP contribution in [0.5, 0.6) is 5.88 Å². The summed E-state index contributed by atoms with van der Waals surface area (Å²) in [5.41, 5.74) is 1.21. The van der Waals surface area contributed by atoms with Gasteiger partial charge in [-0.05, 0) is 24.8 Å². The van der Waals surface area contributed by atoms with Gasteiger partial charge in [-0.15, -0.1) is 0 Å². The number of aryl methyl sites for hydroxylation is 1. The highest BCUT2D eigenvalue weighted by molar-refractivity contribution is 5.76. The van der Waals surface area contributed by atoms with Crippen molar-refractivity contribution in [2.24, 2.45) is 0 Å². The van der Waals surface area contributed by atoms with E-state index in [0.717, 1.165) is 32.4 Å². The van der Waals surface area contributed by atoms with Crippen LogP contribution in [-0.2, 0) is 11.2 Å². The lowest BCUT2D eigenvalue weighted by Crippen LogP contribution is -2.42. The Labute approximate surface area is 148 Å². The molecule has 2 heterocycles. The molecule has 0 spiro atoms. The van der Waals surface area contributed by atoms with Crippen molar-refractivity contribution in [3.63, 3.8) is 0 Å². The van der Waals surface area contributed by atoms with Crippen molar-refractivity contribution in [3.8, 4) is 5.88 Å². The number of benzene rings is 1. The summed E-state index contributed by atoms with van der Waals surface area (Å²) in [5, 5.41) is 3.38. The van der Waals surface area contributed by atoms with Crippen molar-refractivity contribution < 1.29 is 9.53 Å². The second-order valence-corrected chi connectivity index (χ2v) is 6.20. The van der Waals surface area contributed by atoms with Crippen LogP contribution in [0.3, 0.4) is 0 Å². The van der Waals surface area contributed by atoms with Gasteiger partial charge < -0.3 is 15.0 Å². The predicted molar refractivity (Wildman–Crippen MR) is 96.6 cm³/mol. The van der Waals surface area contributed by atoms with Gasteiger partial charge in [-0.1, -0.05) is 30.3 Å². The SMILES string of the molecule is COc1nccnc1NC1CCN(C(=O)CCc2ccccc2)CC1. The molecule has 1 N–H and O–H groups in total. The molecule has 6 heteroatoms. The van der Waals surface area contributed by atoms with Gasteiger partial charge in [0, 0.05) is 37.9 Å². The largest absolute Gasteiger partial charge is 0.478 e. The Morgan fingerprint density at radius 1 is 1.20 bits per heavy atom. The molecule has 0 unspecified atom stereocenters. The van der Waals surface area contributed by atoms with Gasteiger partial charge in [-0.25, -0.2) is 9.97 Å². The number of nitrogens with one attached hydrogen (secondary N) is 1. The Balaban J connectivity index is 1.46. The first-order chi connectivity index (χ1) is 12.3. The van der Waals surface area contributed by atoms with Gasteiger partial charge in [0.15, 0.2) is 5.82 Å². The van der Waals surface area contributed by atoms with Crippen molar-refractivity contribution >= 4 is 11.7 Å². The quantitative estimate of drug-likeness (QED) is 0.875. The third-order valence-corrected chi connectivity index (χ3v) is 4.52. The van der Waals surface area contributed by atoms with Gasteiger partial charge in [0.25, 0.3) is 5.88 Å². The lowest BCUT2D eigenvalue weighted by molar-refractivity contribution is -0.132. The van der Waals surface area contributed by atoms with Crippen LogP contribution in [0.4, 0.5) is 5.82 Å². The molecule has 3 rings (SSSR count). The van der Waals surface area contributed by atoms with Gasteiger partial charge in [0.1, 0.15) is 0 Å². The first kappa shape index (κ1) is 17.2. The van der Waals surface area contributed by atoms with Gasteiger partial charge >= 0.3 is 0 Å². The lowest BCUT2D eigenvalue weighted by Gasteiger charge is -2.32. The average Bonchev–Trinajstić information content (AvgIpc) is 2.68. The van der Waals surface area contributed by atoms with E-state index in [1.165, 1.54) is 5.56 Å². The maximum atomic E-state index is 12.4. The third kappa shape index (κ3) is 4.68. The van der Waals surface area contributed by atoms with Gasteiger partial charge in [0.05, 0.1) is 7.11 Å². The number of likely N-dealkylation sites (tertiary alicyclic amines) is 1. The van der Waals surface area contributed by atoms with E-state index in [2.05, 4.69) is 27.4 Å². The zero-order chi connectivity index (χ0) is 17.5. The first-order valence-corrected chi connectivity index (χ1v) is 8.69. The third-order valence-electron chi connectivity index (χ3n) is 4.52. The molecule has 1 aliphatic rings. The van der Waals surface area contributed by atoms with Crippen molar-refractivity contribution in [1.82, 2.24) is 14.9 Å². The van der Waals surface area contributed by atoms with E-state index in [1.807, 2.05) is 23.1 Å². The summed E-state index contributed by atoms with van der Waals surface area (Å²) in [7, 11) is 1.59. The molecule has 0 saturated carbocycles. The molecule has 6 nitrogen and oxygen atoms in total. The Hall–Kier alpha value is -2.63. The molecule has 25 heavy (non-hydrogen) atoms. The molecule has 1 saturated heterocycles. The first-order valence-electron chi connectivity index (χ1n) is 8.69. The zero-order valence-electron chi connectivity index (χ0n) is 14.5. The fourth-order valence-corrected chi connectivity index (χ4v) is 3.09. The number of methoxy groups -OCH3 is 1. The second-order valence-electron chi connectivity index (χ2n) is 6.20. The number of carbonyl (C=O) groups excluding carboxylic acids is 1. The molecule has 0 aliphatic carbocycles. The number of anilines is 1. The highest BCUT2D eigenvalue weighted by atomic mass is 16.5. The summed E-state index contributed by atoms with van der Waals surface area (Å²) in [5.74, 6) is 1.40. The molecule has 0 radical (unpaired) electrons. The lowest BCUT2D eigenvalue weighted by atomic mass is 10.0. The van der Waals surface area contributed by atoms with E-state index in [4.69, 9.17) is 4.74 Å². The standard InChI is InChI=1S/C19H24N4O2/c1-25-19-18(20-11-12-21-19)22-16-9-13-23(14-10-16)17(24)8-7-15-5-3-2-4-6-15/h2-6,11-12,16H,7-10,13-14H2,1H3,(H,20,22). The van der Waals surface area contributed by atoms with E-state index >= 15 is 0 Å². The van der Waals surface area contributed by atoms with Gasteiger partial charge in [-0.2, -0.15) is 0 Å². The summed E-state index contributed by atoms with van der Waals surface area (Å²) in [4.78, 5) is 22.8. The summed E-state index contributed by atoms with van der Waals surface area (Å²) < 4.78 is 5.22. The minimum atomic E-state index is 0.236. The molecule has 1 aromatic heterocycles. The van der Waals surface area contributed by atoms with Crippen molar-refractivity contribution in [3.05, 3.63) is 48.3 Å². The molecular formula is C19H24N4O2.